The molecule has 12 heavy (non-hydrogen) atoms. The Morgan fingerprint density at radius 1 is 1.67 bits per heavy atom. The minimum Gasteiger partial charge on any atom is -0.304 e. The number of rotatable bonds is 3. The van der Waals surface area contributed by atoms with E-state index in [1.54, 1.807) is 6.92 Å². The number of hydrogen-bond acceptors (Lipinski definition) is 4. The number of carbonyl (C=O) groups is 2. The summed E-state index contributed by atoms with van der Waals surface area (Å²) < 4.78 is 0. The lowest BCUT2D eigenvalue weighted by atomic mass is 10.3. The molecule has 1 aliphatic rings. The van der Waals surface area contributed by atoms with Crippen LogP contribution in [0.4, 0.5) is 0 Å². The van der Waals surface area contributed by atoms with Crippen molar-refractivity contribution in [2.45, 2.75) is 19.4 Å². The van der Waals surface area contributed by atoms with Gasteiger partial charge in [0.2, 0.25) is 11.8 Å². The Kier molecular flexibility index (Phi) is 2.78. The maximum atomic E-state index is 11.3. The van der Waals surface area contributed by atoms with Gasteiger partial charge in [-0.1, -0.05) is 0 Å². The minimum absolute atomic E-state index is 0.142. The van der Waals surface area contributed by atoms with Crippen molar-refractivity contribution in [3.63, 3.8) is 0 Å². The highest BCUT2D eigenvalue weighted by Gasteiger charge is 2.37. The van der Waals surface area contributed by atoms with Gasteiger partial charge in [-0.15, -0.1) is 0 Å². The van der Waals surface area contributed by atoms with Crippen molar-refractivity contribution in [2.75, 3.05) is 13.7 Å². The van der Waals surface area contributed by atoms with Crippen LogP contribution in [-0.2, 0) is 14.4 Å². The smallest absolute Gasteiger partial charge is 0.249 e. The maximum Gasteiger partial charge on any atom is 0.249 e. The second kappa shape index (κ2) is 3.64. The first-order valence-electron chi connectivity index (χ1n) is 3.83. The fourth-order valence-electron chi connectivity index (χ4n) is 1.25. The lowest BCUT2D eigenvalue weighted by Crippen LogP contribution is -2.38. The zero-order chi connectivity index (χ0) is 9.14. The quantitative estimate of drug-likeness (QED) is 0.451. The van der Waals surface area contributed by atoms with Gasteiger partial charge in [0.05, 0.1) is 13.5 Å². The Morgan fingerprint density at radius 2 is 2.33 bits per heavy atom. The number of likely N-dealkylation sites (N-methyl/N-ethyl adjacent to an activating group) is 1. The number of hydrogen-bond donors (Lipinski definition) is 1. The predicted molar refractivity (Wildman–Crippen MR) is 40.9 cm³/mol. The highest BCUT2D eigenvalue weighted by molar-refractivity contribution is 6.05. The van der Waals surface area contributed by atoms with E-state index in [-0.39, 0.29) is 18.2 Å². The second-order valence-electron chi connectivity index (χ2n) is 2.55. The number of nitrogens with zero attached hydrogens (tertiary/aromatic N) is 1. The van der Waals surface area contributed by atoms with Crippen molar-refractivity contribution in [3.05, 3.63) is 0 Å². The molecule has 68 valence electrons. The number of hydroxylamine groups is 1. The molecule has 1 aliphatic heterocycles. The standard InChI is InChI=1S/C7H12N2O3/c1-3-9-6(10)4-5(7(9)11)8-12-2/h5,8H,3-4H2,1-2H3. The molecule has 5 nitrogen and oxygen atoms in total. The van der Waals surface area contributed by atoms with Crippen molar-refractivity contribution in [1.82, 2.24) is 10.4 Å². The van der Waals surface area contributed by atoms with Crippen molar-refractivity contribution in [1.29, 1.82) is 0 Å². The van der Waals surface area contributed by atoms with Gasteiger partial charge in [0.15, 0.2) is 0 Å². The van der Waals surface area contributed by atoms with E-state index in [0.29, 0.717) is 6.54 Å². The summed E-state index contributed by atoms with van der Waals surface area (Å²) in [4.78, 5) is 28.2. The van der Waals surface area contributed by atoms with Crippen LogP contribution >= 0.6 is 0 Å². The Labute approximate surface area is 70.6 Å². The number of carbonyl (C=O) groups excluding carboxylic acids is 2. The summed E-state index contributed by atoms with van der Waals surface area (Å²) in [6.07, 6.45) is 0.195. The van der Waals surface area contributed by atoms with Gasteiger partial charge in [-0.25, -0.2) is 0 Å². The Morgan fingerprint density at radius 3 is 2.75 bits per heavy atom. The third-order valence-corrected chi connectivity index (χ3v) is 1.82. The Balaban J connectivity index is 2.62. The molecule has 5 heteroatoms. The van der Waals surface area contributed by atoms with Crippen LogP contribution in [0.5, 0.6) is 0 Å². The van der Waals surface area contributed by atoms with E-state index < -0.39 is 6.04 Å². The molecule has 1 fully saturated rings. The van der Waals surface area contributed by atoms with Crippen LogP contribution in [0.15, 0.2) is 0 Å². The molecule has 1 atom stereocenters. The van der Waals surface area contributed by atoms with E-state index in [1.165, 1.54) is 12.0 Å². The van der Waals surface area contributed by atoms with E-state index in [2.05, 4.69) is 10.3 Å². The molecule has 0 radical (unpaired) electrons. The molecule has 0 saturated carbocycles. The van der Waals surface area contributed by atoms with Crippen molar-refractivity contribution >= 4 is 11.8 Å². The van der Waals surface area contributed by atoms with Gasteiger partial charge in [0.25, 0.3) is 0 Å². The zero-order valence-electron chi connectivity index (χ0n) is 7.16. The number of likely N-dealkylation sites (tertiary alicyclic amines) is 1. The number of imide groups is 1. The monoisotopic (exact) mass is 172 g/mol. The summed E-state index contributed by atoms with van der Waals surface area (Å²) in [5, 5.41) is 0. The molecule has 1 N–H and O–H groups in total. The molecule has 0 aromatic rings. The third kappa shape index (κ3) is 1.46. The van der Waals surface area contributed by atoms with E-state index in [1.807, 2.05) is 0 Å². The Bertz CT molecular complexity index is 205. The Hall–Kier alpha value is -0.940. The SMILES string of the molecule is CCN1C(=O)CC(NOC)C1=O. The molecular weight excluding hydrogens is 160 g/mol. The van der Waals surface area contributed by atoms with Gasteiger partial charge in [-0.2, -0.15) is 5.48 Å². The first-order chi connectivity index (χ1) is 5.70. The summed E-state index contributed by atoms with van der Waals surface area (Å²) in [5.74, 6) is -0.346. The van der Waals surface area contributed by atoms with E-state index in [0.717, 1.165) is 0 Å². The van der Waals surface area contributed by atoms with E-state index >= 15 is 0 Å². The van der Waals surface area contributed by atoms with Crippen LogP contribution < -0.4 is 5.48 Å². The van der Waals surface area contributed by atoms with Crippen LogP contribution in [0.3, 0.4) is 0 Å². The second-order valence-corrected chi connectivity index (χ2v) is 2.55. The summed E-state index contributed by atoms with van der Waals surface area (Å²) in [6, 6.07) is -0.498. The fraction of sp³-hybridized carbons (Fsp3) is 0.714. The molecule has 0 spiro atoms. The lowest BCUT2D eigenvalue weighted by molar-refractivity contribution is -0.139. The highest BCUT2D eigenvalue weighted by Crippen LogP contribution is 2.11. The summed E-state index contributed by atoms with van der Waals surface area (Å²) in [6.45, 7) is 2.20. The zero-order valence-corrected chi connectivity index (χ0v) is 7.16. The molecule has 0 bridgehead atoms. The van der Waals surface area contributed by atoms with Gasteiger partial charge in [-0.3, -0.25) is 14.5 Å². The highest BCUT2D eigenvalue weighted by atomic mass is 16.6. The topological polar surface area (TPSA) is 58.6 Å². The largest absolute Gasteiger partial charge is 0.304 e. The molecular formula is C7H12N2O3. The van der Waals surface area contributed by atoms with Gasteiger partial charge >= 0.3 is 0 Å². The average molecular weight is 172 g/mol. The van der Waals surface area contributed by atoms with Crippen LogP contribution in [-0.4, -0.2) is 36.4 Å². The summed E-state index contributed by atoms with van der Waals surface area (Å²) in [7, 11) is 1.42. The molecule has 1 saturated heterocycles. The number of nitrogens with one attached hydrogen (secondary N) is 1. The van der Waals surface area contributed by atoms with Crippen LogP contribution in [0.2, 0.25) is 0 Å². The first-order valence-corrected chi connectivity index (χ1v) is 3.83. The molecule has 0 aromatic carbocycles. The molecule has 0 aromatic heterocycles. The van der Waals surface area contributed by atoms with Crippen LogP contribution in [0.25, 0.3) is 0 Å². The fourth-order valence-corrected chi connectivity index (χ4v) is 1.25. The summed E-state index contributed by atoms with van der Waals surface area (Å²) in [5.41, 5.74) is 2.48. The molecule has 1 heterocycles. The van der Waals surface area contributed by atoms with Crippen molar-refractivity contribution in [3.8, 4) is 0 Å². The van der Waals surface area contributed by atoms with Crippen molar-refractivity contribution in [2.24, 2.45) is 0 Å². The lowest BCUT2D eigenvalue weighted by Gasteiger charge is -2.11. The average Bonchev–Trinajstić information content (AvgIpc) is 2.29. The van der Waals surface area contributed by atoms with E-state index in [4.69, 9.17) is 0 Å². The minimum atomic E-state index is -0.498. The third-order valence-electron chi connectivity index (χ3n) is 1.82. The van der Waals surface area contributed by atoms with Crippen molar-refractivity contribution < 1.29 is 14.4 Å². The van der Waals surface area contributed by atoms with E-state index in [9.17, 15) is 9.59 Å². The maximum absolute atomic E-state index is 11.3. The summed E-state index contributed by atoms with van der Waals surface area (Å²) >= 11 is 0. The molecule has 2 amide bonds. The first kappa shape index (κ1) is 9.15. The van der Waals surface area contributed by atoms with Gasteiger partial charge < -0.3 is 4.84 Å². The van der Waals surface area contributed by atoms with Gasteiger partial charge in [-0.05, 0) is 6.92 Å². The molecule has 1 rings (SSSR count). The van der Waals surface area contributed by atoms with Crippen LogP contribution in [0.1, 0.15) is 13.3 Å². The van der Waals surface area contributed by atoms with Gasteiger partial charge in [0, 0.05) is 6.54 Å². The predicted octanol–water partition coefficient (Wildman–Crippen LogP) is -0.715. The van der Waals surface area contributed by atoms with Gasteiger partial charge in [0.1, 0.15) is 6.04 Å². The molecule has 1 unspecified atom stereocenters. The molecule has 0 aliphatic carbocycles. The normalized spacial score (nSPS) is 23.8. The van der Waals surface area contributed by atoms with Crippen LogP contribution in [0, 0.1) is 0 Å². The number of amides is 2.